The fourth-order valence-corrected chi connectivity index (χ4v) is 2.02. The summed E-state index contributed by atoms with van der Waals surface area (Å²) in [7, 11) is 0. The second kappa shape index (κ2) is 6.39. The highest BCUT2D eigenvalue weighted by atomic mass is 79.9. The molecule has 0 radical (unpaired) electrons. The molecule has 0 saturated heterocycles. The van der Waals surface area contributed by atoms with Crippen LogP contribution in [0.15, 0.2) is 10.4 Å². The standard InChI is InChI=1S/C9H9BrN2O3S/c1-2-15-8(14)6(3-10)7-4-16-9(12-7)11-5-13/h3-5H,2H2,1H3,(H,11,12,13). The van der Waals surface area contributed by atoms with Crippen LogP contribution in [0.25, 0.3) is 5.57 Å². The second-order valence-electron chi connectivity index (χ2n) is 2.54. The van der Waals surface area contributed by atoms with Crippen molar-refractivity contribution in [3.8, 4) is 0 Å². The zero-order valence-electron chi connectivity index (χ0n) is 8.40. The van der Waals surface area contributed by atoms with Gasteiger partial charge in [-0.3, -0.25) is 4.79 Å². The first-order valence-electron chi connectivity index (χ1n) is 4.36. The van der Waals surface area contributed by atoms with Crippen LogP contribution in [0, 0.1) is 0 Å². The molecular formula is C9H9BrN2O3S. The van der Waals surface area contributed by atoms with Crippen molar-refractivity contribution < 1.29 is 14.3 Å². The zero-order chi connectivity index (χ0) is 12.0. The first kappa shape index (κ1) is 12.9. The number of amides is 1. The Bertz CT molecular complexity index is 417. The normalized spacial score (nSPS) is 11.0. The molecule has 1 aromatic heterocycles. The van der Waals surface area contributed by atoms with E-state index in [1.165, 1.54) is 16.3 Å². The van der Waals surface area contributed by atoms with E-state index in [1.807, 2.05) is 0 Å². The van der Waals surface area contributed by atoms with Crippen LogP contribution in [-0.2, 0) is 14.3 Å². The summed E-state index contributed by atoms with van der Waals surface area (Å²) < 4.78 is 4.86. The van der Waals surface area contributed by atoms with E-state index >= 15 is 0 Å². The number of hydrogen-bond donors (Lipinski definition) is 1. The Labute approximate surface area is 105 Å². The molecule has 1 heterocycles. The van der Waals surface area contributed by atoms with Crippen molar-refractivity contribution in [2.45, 2.75) is 6.92 Å². The van der Waals surface area contributed by atoms with Crippen LogP contribution < -0.4 is 5.32 Å². The van der Waals surface area contributed by atoms with Crippen molar-refractivity contribution in [1.82, 2.24) is 4.98 Å². The van der Waals surface area contributed by atoms with Crippen LogP contribution in [-0.4, -0.2) is 24.0 Å². The van der Waals surface area contributed by atoms with Crippen LogP contribution in [0.2, 0.25) is 0 Å². The fraction of sp³-hybridized carbons (Fsp3) is 0.222. The molecular weight excluding hydrogens is 296 g/mol. The summed E-state index contributed by atoms with van der Waals surface area (Å²) in [5, 5.41) is 4.50. The Morgan fingerprint density at radius 2 is 2.50 bits per heavy atom. The van der Waals surface area contributed by atoms with Gasteiger partial charge < -0.3 is 10.1 Å². The Kier molecular flexibility index (Phi) is 5.13. The number of hydrogen-bond acceptors (Lipinski definition) is 5. The van der Waals surface area contributed by atoms with Gasteiger partial charge in [-0.05, 0) is 11.9 Å². The van der Waals surface area contributed by atoms with Gasteiger partial charge in [-0.25, -0.2) is 9.78 Å². The van der Waals surface area contributed by atoms with Gasteiger partial charge in [-0.2, -0.15) is 0 Å². The number of halogens is 1. The Hall–Kier alpha value is -1.21. The third kappa shape index (κ3) is 3.14. The van der Waals surface area contributed by atoms with Crippen LogP contribution in [0.3, 0.4) is 0 Å². The van der Waals surface area contributed by atoms with Crippen LogP contribution in [0.4, 0.5) is 5.13 Å². The molecule has 1 aromatic rings. The van der Waals surface area contributed by atoms with Gasteiger partial charge in [-0.1, -0.05) is 15.9 Å². The van der Waals surface area contributed by atoms with Crippen molar-refractivity contribution in [1.29, 1.82) is 0 Å². The number of nitrogens with one attached hydrogen (secondary N) is 1. The van der Waals surface area contributed by atoms with E-state index in [2.05, 4.69) is 26.2 Å². The van der Waals surface area contributed by atoms with Gasteiger partial charge >= 0.3 is 5.97 Å². The number of rotatable bonds is 5. The first-order chi connectivity index (χ1) is 7.72. The SMILES string of the molecule is CCOC(=O)C(=CBr)c1csc(NC=O)n1. The van der Waals surface area contributed by atoms with Crippen LogP contribution >= 0.6 is 27.3 Å². The first-order valence-corrected chi connectivity index (χ1v) is 6.16. The molecule has 0 aliphatic heterocycles. The second-order valence-corrected chi connectivity index (χ2v) is 3.86. The number of ether oxygens (including phenoxy) is 1. The fourth-order valence-electron chi connectivity index (χ4n) is 0.928. The number of carbonyl (C=O) groups excluding carboxylic acids is 2. The largest absolute Gasteiger partial charge is 0.462 e. The smallest absolute Gasteiger partial charge is 0.340 e. The van der Waals surface area contributed by atoms with Crippen LogP contribution in [0.5, 0.6) is 0 Å². The van der Waals surface area contributed by atoms with Crippen molar-refractivity contribution in [2.75, 3.05) is 11.9 Å². The highest BCUT2D eigenvalue weighted by Crippen LogP contribution is 2.23. The summed E-state index contributed by atoms with van der Waals surface area (Å²) in [6.45, 7) is 2.02. The minimum Gasteiger partial charge on any atom is -0.462 e. The Balaban J connectivity index is 2.87. The predicted molar refractivity (Wildman–Crippen MR) is 65.3 cm³/mol. The van der Waals surface area contributed by atoms with E-state index in [9.17, 15) is 9.59 Å². The molecule has 0 fully saturated rings. The van der Waals surface area contributed by atoms with Crippen molar-refractivity contribution in [3.05, 3.63) is 16.1 Å². The maximum Gasteiger partial charge on any atom is 0.340 e. The molecule has 0 bridgehead atoms. The predicted octanol–water partition coefficient (Wildman–Crippen LogP) is 2.01. The summed E-state index contributed by atoms with van der Waals surface area (Å²) >= 11 is 4.31. The highest BCUT2D eigenvalue weighted by Gasteiger charge is 2.15. The topological polar surface area (TPSA) is 68.3 Å². The molecule has 0 aromatic carbocycles. The molecule has 5 nitrogen and oxygen atoms in total. The number of thiazole rings is 1. The maximum absolute atomic E-state index is 11.5. The zero-order valence-corrected chi connectivity index (χ0v) is 10.8. The molecule has 1 rings (SSSR count). The van der Waals surface area contributed by atoms with Crippen LogP contribution in [0.1, 0.15) is 12.6 Å². The molecule has 7 heteroatoms. The molecule has 86 valence electrons. The van der Waals surface area contributed by atoms with Gasteiger partial charge in [0, 0.05) is 5.38 Å². The van der Waals surface area contributed by atoms with E-state index in [0.29, 0.717) is 29.4 Å². The van der Waals surface area contributed by atoms with Gasteiger partial charge in [0.1, 0.15) is 0 Å². The summed E-state index contributed by atoms with van der Waals surface area (Å²) in [4.78, 5) is 27.2. The molecule has 0 saturated carbocycles. The van der Waals surface area contributed by atoms with Crippen molar-refractivity contribution in [3.63, 3.8) is 0 Å². The third-order valence-corrected chi connectivity index (χ3v) is 2.80. The summed E-state index contributed by atoms with van der Waals surface area (Å²) in [6, 6.07) is 0. The highest BCUT2D eigenvalue weighted by molar-refractivity contribution is 9.11. The summed E-state index contributed by atoms with van der Waals surface area (Å²) in [6.07, 6.45) is 0.532. The van der Waals surface area contributed by atoms with E-state index in [1.54, 1.807) is 12.3 Å². The monoisotopic (exact) mass is 304 g/mol. The maximum atomic E-state index is 11.5. The van der Waals surface area contributed by atoms with Gasteiger partial charge in [0.2, 0.25) is 6.41 Å². The summed E-state index contributed by atoms with van der Waals surface area (Å²) in [5.74, 6) is -0.456. The minimum atomic E-state index is -0.456. The minimum absolute atomic E-state index is 0.298. The van der Waals surface area contributed by atoms with E-state index < -0.39 is 5.97 Å². The quantitative estimate of drug-likeness (QED) is 0.513. The lowest BCUT2D eigenvalue weighted by molar-refractivity contribution is -0.136. The number of nitrogens with zero attached hydrogens (tertiary/aromatic N) is 1. The third-order valence-electron chi connectivity index (χ3n) is 1.57. The number of anilines is 1. The van der Waals surface area contributed by atoms with Gasteiger partial charge in [0.05, 0.1) is 17.9 Å². The van der Waals surface area contributed by atoms with E-state index in [-0.39, 0.29) is 0 Å². The summed E-state index contributed by atoms with van der Waals surface area (Å²) in [5.41, 5.74) is 0.779. The number of esters is 1. The average molecular weight is 305 g/mol. The number of aromatic nitrogens is 1. The van der Waals surface area contributed by atoms with E-state index in [4.69, 9.17) is 4.74 Å². The lowest BCUT2D eigenvalue weighted by Crippen LogP contribution is -2.06. The molecule has 0 aliphatic rings. The molecule has 0 spiro atoms. The average Bonchev–Trinajstić information content (AvgIpc) is 2.68. The van der Waals surface area contributed by atoms with Gasteiger partial charge in [0.15, 0.2) is 5.13 Å². The van der Waals surface area contributed by atoms with Gasteiger partial charge in [-0.15, -0.1) is 11.3 Å². The molecule has 1 amide bonds. The van der Waals surface area contributed by atoms with E-state index in [0.717, 1.165) is 0 Å². The van der Waals surface area contributed by atoms with Gasteiger partial charge in [0.25, 0.3) is 0 Å². The lowest BCUT2D eigenvalue weighted by Gasteiger charge is -2.02. The Morgan fingerprint density at radius 3 is 3.06 bits per heavy atom. The molecule has 16 heavy (non-hydrogen) atoms. The van der Waals surface area contributed by atoms with Crippen molar-refractivity contribution >= 4 is 50.4 Å². The molecule has 0 atom stereocenters. The van der Waals surface area contributed by atoms with Crippen molar-refractivity contribution in [2.24, 2.45) is 0 Å². The molecule has 1 N–H and O–H groups in total. The lowest BCUT2D eigenvalue weighted by atomic mass is 10.2. The Morgan fingerprint density at radius 1 is 1.75 bits per heavy atom. The number of carbonyl (C=O) groups is 2. The molecule has 0 unspecified atom stereocenters. The molecule has 0 aliphatic carbocycles.